The molecule has 1 aromatic heterocycles. The van der Waals surface area contributed by atoms with Crippen LogP contribution in [0.1, 0.15) is 35.8 Å². The van der Waals surface area contributed by atoms with Gasteiger partial charge in [0.25, 0.3) is 5.91 Å². The van der Waals surface area contributed by atoms with Gasteiger partial charge < -0.3 is 15.1 Å². The summed E-state index contributed by atoms with van der Waals surface area (Å²) in [6.45, 7) is 2.88. The van der Waals surface area contributed by atoms with Crippen LogP contribution < -0.4 is 15.6 Å². The third-order valence-electron chi connectivity index (χ3n) is 3.98. The van der Waals surface area contributed by atoms with Crippen molar-refractivity contribution in [1.29, 1.82) is 0 Å². The minimum absolute atomic E-state index is 0.0531. The lowest BCUT2D eigenvalue weighted by atomic mass is 10.2. The lowest BCUT2D eigenvalue weighted by Crippen LogP contribution is -2.46. The third-order valence-corrected chi connectivity index (χ3v) is 3.98. The number of fused-ring (bicyclic) bond motifs is 1. The Hall–Kier alpha value is -2.83. The molecule has 0 unspecified atom stereocenters. The van der Waals surface area contributed by atoms with Gasteiger partial charge >= 0.3 is 0 Å². The minimum Gasteiger partial charge on any atom is -0.487 e. The molecule has 0 saturated carbocycles. The van der Waals surface area contributed by atoms with Gasteiger partial charge in [-0.1, -0.05) is 25.5 Å². The maximum absolute atomic E-state index is 13.4. The highest BCUT2D eigenvalue weighted by Gasteiger charge is 2.29. The van der Waals surface area contributed by atoms with Crippen molar-refractivity contribution in [3.05, 3.63) is 63.8 Å². The van der Waals surface area contributed by atoms with Gasteiger partial charge in [0, 0.05) is 18.8 Å². The Bertz CT molecular complexity index is 835. The first-order chi connectivity index (χ1) is 12.1. The van der Waals surface area contributed by atoms with Crippen LogP contribution in [-0.4, -0.2) is 28.8 Å². The molecule has 1 amide bonds. The number of pyridine rings is 1. The van der Waals surface area contributed by atoms with Gasteiger partial charge in [0.05, 0.1) is 6.61 Å². The van der Waals surface area contributed by atoms with Crippen LogP contribution in [0.4, 0.5) is 4.39 Å². The van der Waals surface area contributed by atoms with Crippen molar-refractivity contribution in [1.82, 2.24) is 9.58 Å². The van der Waals surface area contributed by atoms with E-state index in [1.807, 2.05) is 6.92 Å². The molecule has 7 heteroatoms. The topological polar surface area (TPSA) is 63.6 Å². The van der Waals surface area contributed by atoms with Crippen LogP contribution in [0.15, 0.2) is 41.3 Å². The Morgan fingerprint density at radius 1 is 1.28 bits per heavy atom. The quantitative estimate of drug-likeness (QED) is 0.816. The van der Waals surface area contributed by atoms with Crippen molar-refractivity contribution in [3.63, 3.8) is 0 Å². The van der Waals surface area contributed by atoms with Crippen molar-refractivity contribution in [2.24, 2.45) is 0 Å². The van der Waals surface area contributed by atoms with E-state index in [4.69, 9.17) is 4.74 Å². The summed E-state index contributed by atoms with van der Waals surface area (Å²) in [6.07, 6.45) is 3.23. The maximum Gasteiger partial charge on any atom is 0.278 e. The normalized spacial score (nSPS) is 13.4. The molecule has 3 rings (SSSR count). The average Bonchev–Trinajstić information content (AvgIpc) is 2.59. The molecule has 25 heavy (non-hydrogen) atoms. The van der Waals surface area contributed by atoms with E-state index in [0.717, 1.165) is 12.8 Å². The largest absolute Gasteiger partial charge is 0.487 e. The molecule has 0 aliphatic carbocycles. The molecule has 0 atom stereocenters. The second-order valence-electron chi connectivity index (χ2n) is 5.88. The van der Waals surface area contributed by atoms with Gasteiger partial charge in [-0.2, -0.15) is 0 Å². The third kappa shape index (κ3) is 3.65. The summed E-state index contributed by atoms with van der Waals surface area (Å²) in [5.74, 6) is -0.625. The number of carbonyl (C=O) groups excluding carboxylic acids is 1. The van der Waals surface area contributed by atoms with Gasteiger partial charge in [-0.05, 0) is 24.1 Å². The molecule has 0 saturated heterocycles. The highest BCUT2D eigenvalue weighted by Crippen LogP contribution is 2.20. The van der Waals surface area contributed by atoms with E-state index < -0.39 is 0 Å². The van der Waals surface area contributed by atoms with Crippen molar-refractivity contribution in [3.8, 4) is 5.75 Å². The molecule has 132 valence electrons. The molecule has 2 aromatic rings. The van der Waals surface area contributed by atoms with Crippen LogP contribution in [0.2, 0.25) is 0 Å². The van der Waals surface area contributed by atoms with E-state index in [-0.39, 0.29) is 41.8 Å². The maximum atomic E-state index is 13.4. The predicted molar refractivity (Wildman–Crippen MR) is 91.6 cm³/mol. The van der Waals surface area contributed by atoms with Crippen LogP contribution in [0.5, 0.6) is 5.75 Å². The van der Waals surface area contributed by atoms with Gasteiger partial charge in [-0.15, -0.1) is 0 Å². The van der Waals surface area contributed by atoms with E-state index in [9.17, 15) is 14.0 Å². The van der Waals surface area contributed by atoms with E-state index in [2.05, 4.69) is 5.43 Å². The number of halogens is 1. The number of unbranched alkanes of at least 4 members (excludes halogenated alkanes) is 1. The smallest absolute Gasteiger partial charge is 0.278 e. The van der Waals surface area contributed by atoms with Crippen molar-refractivity contribution >= 4 is 5.91 Å². The second kappa shape index (κ2) is 7.38. The summed E-state index contributed by atoms with van der Waals surface area (Å²) in [5.41, 5.74) is 3.57. The fraction of sp³-hybridized carbons (Fsp3) is 0.333. The van der Waals surface area contributed by atoms with Crippen molar-refractivity contribution in [2.75, 3.05) is 18.7 Å². The number of ether oxygens (including phenoxy) is 1. The minimum atomic E-state index is -0.352. The van der Waals surface area contributed by atoms with Gasteiger partial charge in [-0.3, -0.25) is 14.3 Å². The predicted octanol–water partition coefficient (Wildman–Crippen LogP) is 2.32. The Kier molecular flexibility index (Phi) is 5.02. The molecule has 1 aliphatic heterocycles. The first kappa shape index (κ1) is 17.0. The van der Waals surface area contributed by atoms with Crippen LogP contribution in [0, 0.1) is 5.82 Å². The summed E-state index contributed by atoms with van der Waals surface area (Å²) < 4.78 is 20.5. The van der Waals surface area contributed by atoms with E-state index in [1.165, 1.54) is 34.0 Å². The first-order valence-corrected chi connectivity index (χ1v) is 8.26. The highest BCUT2D eigenvalue weighted by atomic mass is 19.1. The molecular weight excluding hydrogens is 325 g/mol. The average molecular weight is 345 g/mol. The Morgan fingerprint density at radius 3 is 2.88 bits per heavy atom. The Balaban J connectivity index is 1.87. The summed E-state index contributed by atoms with van der Waals surface area (Å²) in [7, 11) is 0. The molecule has 0 radical (unpaired) electrons. The van der Waals surface area contributed by atoms with Crippen LogP contribution in [0.3, 0.4) is 0 Å². The van der Waals surface area contributed by atoms with Gasteiger partial charge in [0.1, 0.15) is 12.5 Å². The number of amides is 1. The first-order valence-electron chi connectivity index (χ1n) is 8.26. The molecule has 1 N–H and O–H groups in total. The van der Waals surface area contributed by atoms with Crippen molar-refractivity contribution in [2.45, 2.75) is 26.3 Å². The van der Waals surface area contributed by atoms with E-state index in [1.54, 1.807) is 12.1 Å². The summed E-state index contributed by atoms with van der Waals surface area (Å²) in [5, 5.41) is 0. The number of carbonyl (C=O) groups is 1. The summed E-state index contributed by atoms with van der Waals surface area (Å²) in [4.78, 5) is 26.5. The molecule has 1 aromatic carbocycles. The van der Waals surface area contributed by atoms with Gasteiger partial charge in [0.2, 0.25) is 5.43 Å². The van der Waals surface area contributed by atoms with Crippen LogP contribution in [0.25, 0.3) is 0 Å². The summed E-state index contributed by atoms with van der Waals surface area (Å²) in [6, 6.07) is 7.46. The molecule has 0 fully saturated rings. The molecule has 2 heterocycles. The lowest BCUT2D eigenvalue weighted by Gasteiger charge is -2.31. The van der Waals surface area contributed by atoms with Crippen LogP contribution in [-0.2, 0) is 6.54 Å². The molecular formula is C18H20FN3O3. The number of hydrogen-bond donors (Lipinski definition) is 1. The lowest BCUT2D eigenvalue weighted by molar-refractivity contribution is 0.0707. The SMILES string of the molecule is CCCCOc1c2n(ccc1=O)NCN(Cc1cccc(F)c1)C2=O. The van der Waals surface area contributed by atoms with Gasteiger partial charge in [-0.25, -0.2) is 4.39 Å². The Morgan fingerprint density at radius 2 is 2.12 bits per heavy atom. The number of aromatic nitrogens is 1. The zero-order valence-electron chi connectivity index (χ0n) is 14.0. The monoisotopic (exact) mass is 345 g/mol. The summed E-state index contributed by atoms with van der Waals surface area (Å²) >= 11 is 0. The number of hydrogen-bond acceptors (Lipinski definition) is 4. The molecule has 6 nitrogen and oxygen atoms in total. The zero-order chi connectivity index (χ0) is 17.8. The number of rotatable bonds is 6. The Labute approximate surface area is 144 Å². The highest BCUT2D eigenvalue weighted by molar-refractivity contribution is 5.96. The van der Waals surface area contributed by atoms with Gasteiger partial charge in [0.15, 0.2) is 11.4 Å². The number of nitrogens with zero attached hydrogens (tertiary/aromatic N) is 2. The van der Waals surface area contributed by atoms with Crippen molar-refractivity contribution < 1.29 is 13.9 Å². The molecule has 0 bridgehead atoms. The van der Waals surface area contributed by atoms with E-state index >= 15 is 0 Å². The zero-order valence-corrected chi connectivity index (χ0v) is 14.0. The fourth-order valence-electron chi connectivity index (χ4n) is 2.68. The molecule has 0 spiro atoms. The van der Waals surface area contributed by atoms with E-state index in [0.29, 0.717) is 12.2 Å². The second-order valence-corrected chi connectivity index (χ2v) is 5.88. The number of nitrogens with one attached hydrogen (secondary N) is 1. The molecule has 1 aliphatic rings. The fourth-order valence-corrected chi connectivity index (χ4v) is 2.68. The van der Waals surface area contributed by atoms with Crippen LogP contribution >= 0.6 is 0 Å². The standard InChI is InChI=1S/C18H20FN3O3/c1-2-3-9-25-17-15(23)7-8-22-16(17)18(24)21(12-20-22)11-13-5-4-6-14(19)10-13/h4-8,10,20H,2-3,9,11-12H2,1H3. The number of benzene rings is 1.